The molecule has 0 fully saturated rings. The van der Waals surface area contributed by atoms with Gasteiger partial charge < -0.3 is 0 Å². The van der Waals surface area contributed by atoms with E-state index in [-0.39, 0.29) is 0 Å². The van der Waals surface area contributed by atoms with E-state index in [1.807, 2.05) is 30.3 Å². The zero-order chi connectivity index (χ0) is 9.03. The summed E-state index contributed by atoms with van der Waals surface area (Å²) in [4.78, 5) is 0. The van der Waals surface area contributed by atoms with Gasteiger partial charge in [-0.05, 0) is 5.56 Å². The van der Waals surface area contributed by atoms with Gasteiger partial charge in [0.15, 0.2) is 0 Å². The van der Waals surface area contributed by atoms with Crippen LogP contribution < -0.4 is 0 Å². The molecule has 0 unspecified atom stereocenters. The van der Waals surface area contributed by atoms with Gasteiger partial charge in [-0.1, -0.05) is 65.1 Å². The van der Waals surface area contributed by atoms with E-state index in [2.05, 4.69) is 0 Å². The molecule has 1 rings (SSSR count). The first kappa shape index (κ1) is 10.5. The summed E-state index contributed by atoms with van der Waals surface area (Å²) >= 11 is 18.0. The van der Waals surface area contributed by atoms with Gasteiger partial charge in [-0.2, -0.15) is 0 Å². The monoisotopic (exact) mass is 240 g/mol. The molecule has 0 atom stereocenters. The summed E-state index contributed by atoms with van der Waals surface area (Å²) in [7, 11) is 0. The Morgan fingerprint density at radius 1 is 1.08 bits per heavy atom. The molecule has 0 saturated carbocycles. The predicted molar refractivity (Wildman–Crippen MR) is 58.0 cm³/mol. The maximum Gasteiger partial charge on any atom is 0.237 e. The van der Waals surface area contributed by atoms with Crippen LogP contribution in [0.4, 0.5) is 0 Å². The van der Waals surface area contributed by atoms with E-state index >= 15 is 0 Å². The third-order valence-corrected chi connectivity index (χ3v) is 3.03. The van der Waals surface area contributed by atoms with Crippen LogP contribution >= 0.6 is 46.6 Å². The van der Waals surface area contributed by atoms with Gasteiger partial charge >= 0.3 is 0 Å². The van der Waals surface area contributed by atoms with Gasteiger partial charge in [0.05, 0.1) is 0 Å². The summed E-state index contributed by atoms with van der Waals surface area (Å²) in [5, 5.41) is 0. The first-order chi connectivity index (χ1) is 5.58. The maximum absolute atomic E-state index is 5.58. The highest BCUT2D eigenvalue weighted by molar-refractivity contribution is 8.04. The van der Waals surface area contributed by atoms with Crippen molar-refractivity contribution in [3.8, 4) is 0 Å². The Hall–Kier alpha value is 0.440. The summed E-state index contributed by atoms with van der Waals surface area (Å²) in [6.45, 7) is 0. The Morgan fingerprint density at radius 2 is 1.67 bits per heavy atom. The molecule has 0 nitrogen and oxygen atoms in total. The summed E-state index contributed by atoms with van der Waals surface area (Å²) in [5.41, 5.74) is 1.16. The van der Waals surface area contributed by atoms with Gasteiger partial charge in [-0.15, -0.1) is 11.8 Å². The van der Waals surface area contributed by atoms with Crippen LogP contribution in [-0.2, 0) is 5.75 Å². The number of rotatable bonds is 2. The summed E-state index contributed by atoms with van der Waals surface area (Å²) in [6, 6.07) is 9.90. The fourth-order valence-corrected chi connectivity index (χ4v) is 1.75. The topological polar surface area (TPSA) is 0 Å². The average molecular weight is 242 g/mol. The molecule has 12 heavy (non-hydrogen) atoms. The van der Waals surface area contributed by atoms with E-state index in [1.54, 1.807) is 0 Å². The van der Waals surface area contributed by atoms with Gasteiger partial charge in [0.2, 0.25) is 3.12 Å². The van der Waals surface area contributed by atoms with Gasteiger partial charge in [0, 0.05) is 5.75 Å². The van der Waals surface area contributed by atoms with Crippen LogP contribution in [0.15, 0.2) is 30.3 Å². The molecular weight excluding hydrogens is 235 g/mol. The lowest BCUT2D eigenvalue weighted by Gasteiger charge is -2.09. The van der Waals surface area contributed by atoms with E-state index in [1.165, 1.54) is 11.8 Å². The normalized spacial score (nSPS) is 11.6. The first-order valence-corrected chi connectivity index (χ1v) is 5.44. The van der Waals surface area contributed by atoms with Crippen LogP contribution in [0.5, 0.6) is 0 Å². The standard InChI is InChI=1S/C8H7Cl3S/c9-8(10,11)12-6-7-4-2-1-3-5-7/h1-5H,6H2. The Balaban J connectivity index is 2.44. The van der Waals surface area contributed by atoms with Crippen LogP contribution in [0, 0.1) is 0 Å². The van der Waals surface area contributed by atoms with Gasteiger partial charge in [-0.3, -0.25) is 0 Å². The molecule has 0 aliphatic rings. The van der Waals surface area contributed by atoms with Gasteiger partial charge in [0.1, 0.15) is 0 Å². The molecule has 0 aromatic heterocycles. The molecule has 0 radical (unpaired) electrons. The molecule has 0 aliphatic heterocycles. The lowest BCUT2D eigenvalue weighted by atomic mass is 10.2. The van der Waals surface area contributed by atoms with E-state index in [0.29, 0.717) is 0 Å². The quantitative estimate of drug-likeness (QED) is 0.698. The number of halogens is 3. The first-order valence-electron chi connectivity index (χ1n) is 3.32. The van der Waals surface area contributed by atoms with Crippen molar-refractivity contribution in [2.45, 2.75) is 8.88 Å². The molecule has 0 bridgehead atoms. The molecule has 0 N–H and O–H groups in total. The molecular formula is C8H7Cl3S. The average Bonchev–Trinajstić information content (AvgIpc) is 2.02. The highest BCUT2D eigenvalue weighted by atomic mass is 35.6. The second kappa shape index (κ2) is 4.61. The van der Waals surface area contributed by atoms with Crippen LogP contribution in [0.3, 0.4) is 0 Å². The molecule has 4 heteroatoms. The highest BCUT2D eigenvalue weighted by Gasteiger charge is 2.19. The Kier molecular flexibility index (Phi) is 4.04. The largest absolute Gasteiger partial charge is 0.237 e. The fraction of sp³-hybridized carbons (Fsp3) is 0.250. The van der Waals surface area contributed by atoms with Gasteiger partial charge in [-0.25, -0.2) is 0 Å². The summed E-state index contributed by atoms with van der Waals surface area (Å²) in [6.07, 6.45) is 0. The van der Waals surface area contributed by atoms with E-state index in [4.69, 9.17) is 34.8 Å². The highest BCUT2D eigenvalue weighted by Crippen LogP contribution is 2.40. The smallest absolute Gasteiger partial charge is 0.102 e. The Labute approximate surface area is 91.2 Å². The van der Waals surface area contributed by atoms with Crippen LogP contribution in [0.1, 0.15) is 5.56 Å². The minimum Gasteiger partial charge on any atom is -0.102 e. The molecule has 0 saturated heterocycles. The molecule has 1 aromatic carbocycles. The molecule has 1 aromatic rings. The zero-order valence-electron chi connectivity index (χ0n) is 6.14. The minimum atomic E-state index is -1.21. The van der Waals surface area contributed by atoms with E-state index in [9.17, 15) is 0 Å². The molecule has 0 amide bonds. The van der Waals surface area contributed by atoms with Crippen molar-refractivity contribution < 1.29 is 0 Å². The number of alkyl halides is 3. The molecule has 0 aliphatic carbocycles. The Bertz CT molecular complexity index is 230. The van der Waals surface area contributed by atoms with Crippen LogP contribution in [0.25, 0.3) is 0 Å². The summed E-state index contributed by atoms with van der Waals surface area (Å²) in [5.74, 6) is 0.720. The lowest BCUT2D eigenvalue weighted by molar-refractivity contribution is 1.41. The Morgan fingerprint density at radius 3 is 2.17 bits per heavy atom. The van der Waals surface area contributed by atoms with Crippen molar-refractivity contribution in [1.82, 2.24) is 0 Å². The summed E-state index contributed by atoms with van der Waals surface area (Å²) < 4.78 is -1.21. The van der Waals surface area contributed by atoms with E-state index in [0.717, 1.165) is 11.3 Å². The van der Waals surface area contributed by atoms with Gasteiger partial charge in [0.25, 0.3) is 0 Å². The van der Waals surface area contributed by atoms with Crippen molar-refractivity contribution in [1.29, 1.82) is 0 Å². The lowest BCUT2D eigenvalue weighted by Crippen LogP contribution is -1.94. The minimum absolute atomic E-state index is 0.720. The van der Waals surface area contributed by atoms with Crippen molar-refractivity contribution in [3.63, 3.8) is 0 Å². The second-order valence-electron chi connectivity index (χ2n) is 2.22. The number of thioether (sulfide) groups is 1. The number of hydrogen-bond acceptors (Lipinski definition) is 1. The predicted octanol–water partition coefficient (Wildman–Crippen LogP) is 4.25. The molecule has 66 valence electrons. The van der Waals surface area contributed by atoms with Crippen molar-refractivity contribution in [2.75, 3.05) is 0 Å². The molecule has 0 spiro atoms. The van der Waals surface area contributed by atoms with Crippen molar-refractivity contribution in [2.24, 2.45) is 0 Å². The molecule has 0 heterocycles. The van der Waals surface area contributed by atoms with Crippen molar-refractivity contribution >= 4 is 46.6 Å². The van der Waals surface area contributed by atoms with E-state index < -0.39 is 3.12 Å². The SMILES string of the molecule is ClC(Cl)(Cl)SCc1ccccc1. The third-order valence-electron chi connectivity index (χ3n) is 1.25. The number of benzene rings is 1. The number of hydrogen-bond donors (Lipinski definition) is 0. The second-order valence-corrected chi connectivity index (χ2v) is 6.36. The van der Waals surface area contributed by atoms with Crippen molar-refractivity contribution in [3.05, 3.63) is 35.9 Å². The zero-order valence-corrected chi connectivity index (χ0v) is 9.22. The maximum atomic E-state index is 5.58. The van der Waals surface area contributed by atoms with Crippen LogP contribution in [-0.4, -0.2) is 3.12 Å². The fourth-order valence-electron chi connectivity index (χ4n) is 0.739. The van der Waals surface area contributed by atoms with Crippen LogP contribution in [0.2, 0.25) is 0 Å². The third kappa shape index (κ3) is 4.46.